The topological polar surface area (TPSA) is 0 Å². The Kier molecular flexibility index (Phi) is 5.51. The molecular weight excluding hydrogens is 320 g/mol. The molecule has 1 aromatic rings. The predicted octanol–water partition coefficient (Wildman–Crippen LogP) is -1.26. The van der Waals surface area contributed by atoms with Gasteiger partial charge in [-0.05, 0) is 0 Å². The van der Waals surface area contributed by atoms with E-state index in [4.69, 9.17) is 0 Å². The van der Waals surface area contributed by atoms with Gasteiger partial charge in [0.2, 0.25) is 0 Å². The van der Waals surface area contributed by atoms with Crippen molar-refractivity contribution in [3.63, 3.8) is 0 Å². The molecule has 0 aliphatic carbocycles. The molecule has 44 valence electrons. The van der Waals surface area contributed by atoms with Crippen molar-refractivity contribution in [1.82, 2.24) is 0 Å². The summed E-state index contributed by atoms with van der Waals surface area (Å²) in [5.74, 6) is 0. The van der Waals surface area contributed by atoms with Crippen LogP contribution in [0.25, 0.3) is 0 Å². The summed E-state index contributed by atoms with van der Waals surface area (Å²) in [6.45, 7) is 0. The van der Waals surface area contributed by atoms with E-state index in [1.807, 2.05) is 0 Å². The van der Waals surface area contributed by atoms with Crippen molar-refractivity contribution >= 4 is 0 Å². The van der Waals surface area contributed by atoms with Crippen LogP contribution in [0, 0.1) is 0 Å². The van der Waals surface area contributed by atoms with Crippen LogP contribution in [0.1, 0.15) is 5.56 Å². The summed E-state index contributed by atoms with van der Waals surface area (Å²) in [6, 6.07) is 10.6. The molecule has 2 heteroatoms. The third-order valence-electron chi connectivity index (χ3n) is 1.13. The predicted molar refractivity (Wildman–Crippen MR) is 30.1 cm³/mol. The summed E-state index contributed by atoms with van der Waals surface area (Å²) in [5, 5.41) is 0. The Hall–Kier alpha value is 0.445. The van der Waals surface area contributed by atoms with E-state index in [0.29, 0.717) is 0 Å². The molecule has 0 heterocycles. The van der Waals surface area contributed by atoms with Gasteiger partial charge < -0.3 is 12.4 Å². The summed E-state index contributed by atoms with van der Waals surface area (Å²) in [4.78, 5) is 0. The molecule has 0 spiro atoms. The van der Waals surface area contributed by atoms with E-state index in [1.165, 1.54) is 9.49 Å². The molecular formula is C7H7ClHg. The second-order valence-corrected chi connectivity index (χ2v) is 3.68. The first-order valence-electron chi connectivity index (χ1n) is 2.76. The van der Waals surface area contributed by atoms with Gasteiger partial charge in [-0.1, -0.05) is 0 Å². The van der Waals surface area contributed by atoms with Gasteiger partial charge in [-0.25, -0.2) is 0 Å². The maximum atomic E-state index is 2.19. The van der Waals surface area contributed by atoms with Gasteiger partial charge in [-0.3, -0.25) is 0 Å². The first-order chi connectivity index (χ1) is 3.93. The molecule has 0 nitrogen and oxygen atoms in total. The van der Waals surface area contributed by atoms with E-state index < -0.39 is 0 Å². The van der Waals surface area contributed by atoms with Crippen LogP contribution in [-0.4, -0.2) is 0 Å². The molecule has 0 fully saturated rings. The molecule has 0 N–H and O–H groups in total. The Morgan fingerprint density at radius 1 is 1.11 bits per heavy atom. The number of benzene rings is 1. The average Bonchev–Trinajstić information content (AvgIpc) is 1.90. The summed E-state index contributed by atoms with van der Waals surface area (Å²) < 4.78 is 1.33. The van der Waals surface area contributed by atoms with E-state index in [2.05, 4.69) is 30.3 Å². The molecule has 9 heavy (non-hydrogen) atoms. The fraction of sp³-hybridized carbons (Fsp3) is 0.143. The minimum absolute atomic E-state index is 0. The quantitative estimate of drug-likeness (QED) is 0.565. The van der Waals surface area contributed by atoms with Crippen LogP contribution in [0.4, 0.5) is 0 Å². The molecule has 0 unspecified atom stereocenters. The van der Waals surface area contributed by atoms with Crippen molar-refractivity contribution in [3.05, 3.63) is 35.9 Å². The molecule has 0 saturated heterocycles. The third kappa shape index (κ3) is 3.22. The molecule has 0 amide bonds. The monoisotopic (exact) mass is 328 g/mol. The van der Waals surface area contributed by atoms with Crippen LogP contribution in [0.3, 0.4) is 0 Å². The van der Waals surface area contributed by atoms with Gasteiger partial charge in [-0.15, -0.1) is 0 Å². The van der Waals surface area contributed by atoms with Crippen molar-refractivity contribution in [1.29, 1.82) is 0 Å². The number of hydrogen-bond acceptors (Lipinski definition) is 0. The van der Waals surface area contributed by atoms with E-state index in [1.54, 1.807) is 0 Å². The first-order valence-corrected chi connectivity index (χ1v) is 6.65. The van der Waals surface area contributed by atoms with E-state index in [9.17, 15) is 0 Å². The van der Waals surface area contributed by atoms with Gasteiger partial charge in [0.05, 0.1) is 0 Å². The molecule has 0 saturated carbocycles. The van der Waals surface area contributed by atoms with Gasteiger partial charge in [0, 0.05) is 0 Å². The summed E-state index contributed by atoms with van der Waals surface area (Å²) in [5.41, 5.74) is 1.50. The number of hydrogen-bond donors (Lipinski definition) is 0. The van der Waals surface area contributed by atoms with E-state index in [-0.39, 0.29) is 12.4 Å². The molecule has 1 rings (SSSR count). The van der Waals surface area contributed by atoms with Gasteiger partial charge in [0.25, 0.3) is 0 Å². The van der Waals surface area contributed by atoms with Gasteiger partial charge in [0.15, 0.2) is 0 Å². The third-order valence-corrected chi connectivity index (χ3v) is 3.38. The van der Waals surface area contributed by atoms with Crippen LogP contribution in [0.2, 0.25) is 0 Å². The Morgan fingerprint density at radius 2 is 1.67 bits per heavy atom. The number of halogens is 1. The Morgan fingerprint density at radius 3 is 2.00 bits per heavy atom. The molecule has 0 aromatic heterocycles. The normalized spacial score (nSPS) is 8.22. The Bertz CT molecular complexity index is 150. The molecule has 0 radical (unpaired) electrons. The Labute approximate surface area is 78.0 Å². The second kappa shape index (κ2) is 5.25. The fourth-order valence-electron chi connectivity index (χ4n) is 0.645. The zero-order chi connectivity index (χ0) is 5.82. The van der Waals surface area contributed by atoms with Crippen molar-refractivity contribution in [2.45, 2.75) is 3.93 Å². The van der Waals surface area contributed by atoms with Gasteiger partial charge in [0.1, 0.15) is 0 Å². The SMILES string of the molecule is [Cl-].[Hg+][CH2]c1ccccc1. The van der Waals surface area contributed by atoms with Crippen LogP contribution in [-0.2, 0) is 30.1 Å². The average molecular weight is 327 g/mol. The van der Waals surface area contributed by atoms with Crippen molar-refractivity contribution in [2.75, 3.05) is 0 Å². The maximum absolute atomic E-state index is 2.19. The molecule has 0 aliphatic heterocycles. The fourth-order valence-corrected chi connectivity index (χ4v) is 1.94. The number of rotatable bonds is 1. The molecule has 0 atom stereocenters. The van der Waals surface area contributed by atoms with Gasteiger partial charge in [-0.2, -0.15) is 0 Å². The molecule has 0 bridgehead atoms. The van der Waals surface area contributed by atoms with E-state index in [0.717, 1.165) is 26.1 Å². The van der Waals surface area contributed by atoms with Crippen molar-refractivity contribution in [2.24, 2.45) is 0 Å². The second-order valence-electron chi connectivity index (χ2n) is 1.74. The zero-order valence-corrected chi connectivity index (χ0v) is 11.4. The Balaban J connectivity index is 0.000000640. The molecule has 0 aliphatic rings. The van der Waals surface area contributed by atoms with Crippen molar-refractivity contribution in [3.8, 4) is 0 Å². The van der Waals surface area contributed by atoms with Crippen LogP contribution < -0.4 is 12.4 Å². The molecule has 1 aromatic carbocycles. The summed E-state index contributed by atoms with van der Waals surface area (Å²) in [6.07, 6.45) is 0. The van der Waals surface area contributed by atoms with Crippen LogP contribution in [0.5, 0.6) is 0 Å². The van der Waals surface area contributed by atoms with E-state index >= 15 is 0 Å². The summed E-state index contributed by atoms with van der Waals surface area (Å²) in [7, 11) is 0. The van der Waals surface area contributed by atoms with Crippen molar-refractivity contribution < 1.29 is 38.5 Å². The minimum atomic E-state index is 0. The zero-order valence-electron chi connectivity index (χ0n) is 5.18. The van der Waals surface area contributed by atoms with Crippen LogP contribution >= 0.6 is 0 Å². The van der Waals surface area contributed by atoms with Gasteiger partial charge >= 0.3 is 65.9 Å². The standard InChI is InChI=1S/C7H7.ClH.Hg/c1-7-5-3-2-4-6-7;;/h2-6H,1H2;1H;/q;;+1/p-1. The first kappa shape index (κ1) is 9.45. The van der Waals surface area contributed by atoms with Crippen LogP contribution in [0.15, 0.2) is 30.3 Å². The summed E-state index contributed by atoms with van der Waals surface area (Å²) >= 11 is 0.922.